The fourth-order valence-electron chi connectivity index (χ4n) is 3.70. The first-order valence-electron chi connectivity index (χ1n) is 9.53. The Bertz CT molecular complexity index is 1280. The predicted octanol–water partition coefficient (Wildman–Crippen LogP) is 5.83. The van der Waals surface area contributed by atoms with Crippen molar-refractivity contribution < 1.29 is 18.3 Å². The number of benzene rings is 3. The van der Waals surface area contributed by atoms with Gasteiger partial charge < -0.3 is 5.11 Å². The number of thiazole rings is 1. The van der Waals surface area contributed by atoms with Gasteiger partial charge in [0.1, 0.15) is 0 Å². The van der Waals surface area contributed by atoms with E-state index in [2.05, 4.69) is 10.1 Å². The molecule has 1 aromatic heterocycles. The van der Waals surface area contributed by atoms with Crippen molar-refractivity contribution in [3.63, 3.8) is 0 Å². The number of hydrogen-bond acceptors (Lipinski definition) is 5. The van der Waals surface area contributed by atoms with E-state index in [9.17, 15) is 18.3 Å². The maximum absolute atomic E-state index is 14.0. The Morgan fingerprint density at radius 2 is 1.65 bits per heavy atom. The molecule has 31 heavy (non-hydrogen) atoms. The Labute approximate surface area is 179 Å². The highest BCUT2D eigenvalue weighted by atomic mass is 32.1. The van der Waals surface area contributed by atoms with Crippen molar-refractivity contribution in [2.45, 2.75) is 18.3 Å². The SMILES string of the molecule is OC1(C(F)(F)F)CC(c2cccc3ccccc23)=NN1c1nc(-c2ccccc2)cs1. The van der Waals surface area contributed by atoms with Gasteiger partial charge in [0, 0.05) is 16.5 Å². The molecule has 1 N–H and O–H groups in total. The summed E-state index contributed by atoms with van der Waals surface area (Å²) in [5, 5.41) is 18.9. The summed E-state index contributed by atoms with van der Waals surface area (Å²) in [5.74, 6) is 0. The van der Waals surface area contributed by atoms with Crippen LogP contribution in [0.25, 0.3) is 22.0 Å². The molecule has 4 aromatic rings. The molecule has 0 saturated heterocycles. The molecule has 0 fully saturated rings. The van der Waals surface area contributed by atoms with Crippen LogP contribution in [-0.2, 0) is 0 Å². The van der Waals surface area contributed by atoms with E-state index in [4.69, 9.17) is 0 Å². The van der Waals surface area contributed by atoms with Crippen molar-refractivity contribution in [2.24, 2.45) is 5.10 Å². The fourth-order valence-corrected chi connectivity index (χ4v) is 4.55. The second kappa shape index (κ2) is 7.18. The summed E-state index contributed by atoms with van der Waals surface area (Å²) in [5.41, 5.74) is -1.15. The highest BCUT2D eigenvalue weighted by Gasteiger charge is 2.62. The van der Waals surface area contributed by atoms with Crippen LogP contribution in [0, 0.1) is 0 Å². The second-order valence-electron chi connectivity index (χ2n) is 7.26. The zero-order chi connectivity index (χ0) is 21.6. The topological polar surface area (TPSA) is 48.7 Å². The van der Waals surface area contributed by atoms with Crippen LogP contribution in [-0.4, -0.2) is 27.7 Å². The smallest absolute Gasteiger partial charge is 0.362 e. The Hall–Kier alpha value is -3.23. The maximum atomic E-state index is 14.0. The van der Waals surface area contributed by atoms with Gasteiger partial charge in [0.25, 0.3) is 5.72 Å². The summed E-state index contributed by atoms with van der Waals surface area (Å²) < 4.78 is 42.1. The molecule has 0 bridgehead atoms. The Morgan fingerprint density at radius 3 is 2.42 bits per heavy atom. The zero-order valence-corrected chi connectivity index (χ0v) is 16.9. The third-order valence-electron chi connectivity index (χ3n) is 5.28. The van der Waals surface area contributed by atoms with E-state index in [1.54, 1.807) is 17.5 Å². The summed E-state index contributed by atoms with van der Waals surface area (Å²) in [6.07, 6.45) is -5.62. The number of alkyl halides is 3. The molecule has 0 saturated carbocycles. The van der Waals surface area contributed by atoms with Gasteiger partial charge in [0.05, 0.1) is 17.8 Å². The van der Waals surface area contributed by atoms with Gasteiger partial charge in [-0.25, -0.2) is 4.98 Å². The monoisotopic (exact) mass is 439 g/mol. The predicted molar refractivity (Wildman–Crippen MR) is 116 cm³/mol. The Balaban J connectivity index is 1.62. The van der Waals surface area contributed by atoms with Gasteiger partial charge in [-0.1, -0.05) is 72.8 Å². The van der Waals surface area contributed by atoms with Crippen molar-refractivity contribution in [2.75, 3.05) is 5.01 Å². The number of hydrazone groups is 1. The first-order valence-corrected chi connectivity index (χ1v) is 10.4. The van der Waals surface area contributed by atoms with Crippen LogP contribution in [0.3, 0.4) is 0 Å². The van der Waals surface area contributed by atoms with Gasteiger partial charge in [-0.05, 0) is 10.8 Å². The Morgan fingerprint density at radius 1 is 0.935 bits per heavy atom. The number of hydrogen-bond donors (Lipinski definition) is 1. The molecule has 0 spiro atoms. The molecule has 0 aliphatic carbocycles. The molecule has 2 heterocycles. The minimum Gasteiger partial charge on any atom is -0.362 e. The van der Waals surface area contributed by atoms with Crippen molar-refractivity contribution in [1.82, 2.24) is 4.98 Å². The highest BCUT2D eigenvalue weighted by Crippen LogP contribution is 2.45. The summed E-state index contributed by atoms with van der Waals surface area (Å²) in [6.45, 7) is 0. The number of aliphatic hydroxyl groups is 1. The summed E-state index contributed by atoms with van der Waals surface area (Å²) in [4.78, 5) is 4.34. The number of halogens is 3. The largest absolute Gasteiger partial charge is 0.438 e. The average molecular weight is 439 g/mol. The number of aromatic nitrogens is 1. The molecule has 0 amide bonds. The van der Waals surface area contributed by atoms with Gasteiger partial charge in [0.15, 0.2) is 0 Å². The van der Waals surface area contributed by atoms with Gasteiger partial charge in [0.2, 0.25) is 5.13 Å². The van der Waals surface area contributed by atoms with Crippen LogP contribution in [0.1, 0.15) is 12.0 Å². The van der Waals surface area contributed by atoms with Crippen LogP contribution < -0.4 is 5.01 Å². The molecule has 1 atom stereocenters. The van der Waals surface area contributed by atoms with Crippen molar-refractivity contribution in [3.8, 4) is 11.3 Å². The summed E-state index contributed by atoms with van der Waals surface area (Å²) in [6, 6.07) is 21.9. The van der Waals surface area contributed by atoms with Crippen molar-refractivity contribution >= 4 is 33.0 Å². The standard InChI is InChI=1S/C23H16F3N3OS/c24-23(25,26)22(30)13-19(18-12-6-10-15-7-4-5-11-17(15)18)28-29(22)21-27-20(14-31-21)16-8-2-1-3-9-16/h1-12,14,30H,13H2. The summed E-state index contributed by atoms with van der Waals surface area (Å²) in [7, 11) is 0. The number of fused-ring (bicyclic) bond motifs is 1. The minimum absolute atomic E-state index is 0.0195. The first-order chi connectivity index (χ1) is 14.9. The lowest BCUT2D eigenvalue weighted by atomic mass is 9.96. The normalized spacial score (nSPS) is 19.1. The average Bonchev–Trinajstić information content (AvgIpc) is 3.39. The number of rotatable bonds is 3. The van der Waals surface area contributed by atoms with Crippen LogP contribution >= 0.6 is 11.3 Å². The molecule has 1 aliphatic heterocycles. The molecule has 1 unspecified atom stereocenters. The maximum Gasteiger partial charge on any atom is 0.438 e. The minimum atomic E-state index is -4.93. The van der Waals surface area contributed by atoms with E-state index in [1.807, 2.05) is 60.7 Å². The number of anilines is 1. The molecule has 5 rings (SSSR count). The lowest BCUT2D eigenvalue weighted by Crippen LogP contribution is -2.55. The molecule has 0 radical (unpaired) electrons. The van der Waals surface area contributed by atoms with Crippen LogP contribution in [0.2, 0.25) is 0 Å². The van der Waals surface area contributed by atoms with E-state index < -0.39 is 18.3 Å². The lowest BCUT2D eigenvalue weighted by Gasteiger charge is -2.32. The molecule has 156 valence electrons. The van der Waals surface area contributed by atoms with E-state index in [1.165, 1.54) is 0 Å². The second-order valence-corrected chi connectivity index (χ2v) is 8.09. The fraction of sp³-hybridized carbons (Fsp3) is 0.130. The quantitative estimate of drug-likeness (QED) is 0.437. The first kappa shape index (κ1) is 19.7. The highest BCUT2D eigenvalue weighted by molar-refractivity contribution is 7.14. The van der Waals surface area contributed by atoms with Gasteiger partial charge in [-0.2, -0.15) is 23.3 Å². The van der Waals surface area contributed by atoms with E-state index in [0.717, 1.165) is 27.7 Å². The molecule has 3 aromatic carbocycles. The van der Waals surface area contributed by atoms with Gasteiger partial charge in [-0.15, -0.1) is 11.3 Å². The van der Waals surface area contributed by atoms with Gasteiger partial charge in [-0.3, -0.25) is 0 Å². The summed E-state index contributed by atoms with van der Waals surface area (Å²) >= 11 is 1.01. The third-order valence-corrected chi connectivity index (χ3v) is 6.10. The van der Waals surface area contributed by atoms with Crippen LogP contribution in [0.15, 0.2) is 83.3 Å². The molecular formula is C23H16F3N3OS. The van der Waals surface area contributed by atoms with Crippen molar-refractivity contribution in [3.05, 3.63) is 83.7 Å². The molecule has 8 heteroatoms. The van der Waals surface area contributed by atoms with E-state index in [0.29, 0.717) is 16.3 Å². The third kappa shape index (κ3) is 3.28. The van der Waals surface area contributed by atoms with E-state index >= 15 is 0 Å². The van der Waals surface area contributed by atoms with Gasteiger partial charge >= 0.3 is 6.18 Å². The lowest BCUT2D eigenvalue weighted by molar-refractivity contribution is -0.254. The van der Waals surface area contributed by atoms with Crippen LogP contribution in [0.5, 0.6) is 0 Å². The van der Waals surface area contributed by atoms with E-state index in [-0.39, 0.29) is 10.8 Å². The zero-order valence-electron chi connectivity index (χ0n) is 16.0. The Kier molecular flexibility index (Phi) is 4.56. The molecule has 4 nitrogen and oxygen atoms in total. The van der Waals surface area contributed by atoms with Crippen molar-refractivity contribution in [1.29, 1.82) is 0 Å². The van der Waals surface area contributed by atoms with Crippen LogP contribution in [0.4, 0.5) is 18.3 Å². The number of nitrogens with zero attached hydrogens (tertiary/aromatic N) is 3. The molecule has 1 aliphatic rings. The molecular weight excluding hydrogens is 423 g/mol.